The van der Waals surface area contributed by atoms with E-state index in [-0.39, 0.29) is 6.04 Å². The Morgan fingerprint density at radius 1 is 1.03 bits per heavy atom. The molecule has 1 atom stereocenters. The van der Waals surface area contributed by atoms with E-state index in [1.54, 1.807) is 35.7 Å². The summed E-state index contributed by atoms with van der Waals surface area (Å²) in [6.07, 6.45) is 7.35. The zero-order chi connectivity index (χ0) is 21.8. The van der Waals surface area contributed by atoms with Crippen LogP contribution in [0.5, 0.6) is 5.75 Å². The molecule has 5 nitrogen and oxygen atoms in total. The molecule has 1 aliphatic rings. The van der Waals surface area contributed by atoms with E-state index in [0.717, 1.165) is 36.9 Å². The molecule has 1 unspecified atom stereocenters. The van der Waals surface area contributed by atoms with Crippen molar-refractivity contribution in [1.82, 2.24) is 9.29 Å². The molecule has 0 spiro atoms. The number of unbranched alkanes of at least 4 members (excludes halogenated alkanes) is 4. The average Bonchev–Trinajstić information content (AvgIpc) is 3.18. The smallest absolute Gasteiger partial charge is 0.243 e. The number of methoxy groups -OCH3 is 1. The molecular weight excluding hydrogens is 408 g/mol. The van der Waals surface area contributed by atoms with Gasteiger partial charge in [0.25, 0.3) is 0 Å². The van der Waals surface area contributed by atoms with Gasteiger partial charge in [0.2, 0.25) is 10.0 Å². The van der Waals surface area contributed by atoms with E-state index < -0.39 is 10.0 Å². The zero-order valence-electron chi connectivity index (χ0n) is 18.4. The molecule has 4 rings (SSSR count). The van der Waals surface area contributed by atoms with Crippen molar-refractivity contribution in [3.05, 3.63) is 59.8 Å². The standard InChI is InChI=1S/C25H32N2O3S/c1-3-4-5-6-7-12-24-25-22(21-10-8-9-11-23(21)26-25)17-18-27(24)31(28,29)20-15-13-19(30-2)14-16-20/h8-11,13-16,24,26H,3-7,12,17-18H2,1-2H3. The van der Waals surface area contributed by atoms with Gasteiger partial charge in [-0.2, -0.15) is 4.31 Å². The van der Waals surface area contributed by atoms with Crippen molar-refractivity contribution in [1.29, 1.82) is 0 Å². The van der Waals surface area contributed by atoms with Gasteiger partial charge in [0, 0.05) is 23.1 Å². The number of ether oxygens (including phenoxy) is 1. The number of fused-ring (bicyclic) bond motifs is 3. The number of sulfonamides is 1. The van der Waals surface area contributed by atoms with Gasteiger partial charge in [-0.25, -0.2) is 8.42 Å². The van der Waals surface area contributed by atoms with E-state index in [2.05, 4.69) is 30.1 Å². The maximum atomic E-state index is 13.6. The van der Waals surface area contributed by atoms with Crippen LogP contribution in [0.2, 0.25) is 0 Å². The van der Waals surface area contributed by atoms with Crippen molar-refractivity contribution in [2.75, 3.05) is 13.7 Å². The third kappa shape index (κ3) is 4.37. The first-order valence-corrected chi connectivity index (χ1v) is 12.8. The molecule has 1 aromatic heterocycles. The highest BCUT2D eigenvalue weighted by atomic mass is 32.2. The summed E-state index contributed by atoms with van der Waals surface area (Å²) in [5.41, 5.74) is 3.43. The number of benzene rings is 2. The van der Waals surface area contributed by atoms with Gasteiger partial charge in [0.15, 0.2) is 0 Å². The fraction of sp³-hybridized carbons (Fsp3) is 0.440. The van der Waals surface area contributed by atoms with Crippen LogP contribution in [0, 0.1) is 0 Å². The highest BCUT2D eigenvalue weighted by Crippen LogP contribution is 2.40. The van der Waals surface area contributed by atoms with Crippen LogP contribution in [-0.4, -0.2) is 31.4 Å². The van der Waals surface area contributed by atoms with Gasteiger partial charge in [-0.05, 0) is 48.7 Å². The molecule has 0 radical (unpaired) electrons. The van der Waals surface area contributed by atoms with Crippen LogP contribution in [0.4, 0.5) is 0 Å². The lowest BCUT2D eigenvalue weighted by Crippen LogP contribution is -2.40. The van der Waals surface area contributed by atoms with E-state index in [9.17, 15) is 8.42 Å². The Bertz CT molecular complexity index is 1120. The number of aromatic nitrogens is 1. The Balaban J connectivity index is 1.68. The van der Waals surface area contributed by atoms with Crippen LogP contribution in [0.25, 0.3) is 10.9 Å². The molecule has 0 aliphatic carbocycles. The number of hydrogen-bond donors (Lipinski definition) is 1. The molecule has 1 aliphatic heterocycles. The fourth-order valence-corrected chi connectivity index (χ4v) is 6.33. The third-order valence-electron chi connectivity index (χ3n) is 6.36. The van der Waals surface area contributed by atoms with Gasteiger partial charge < -0.3 is 9.72 Å². The van der Waals surface area contributed by atoms with E-state index in [0.29, 0.717) is 17.2 Å². The second kappa shape index (κ2) is 9.45. The Morgan fingerprint density at radius 3 is 2.52 bits per heavy atom. The van der Waals surface area contributed by atoms with Crippen molar-refractivity contribution in [3.63, 3.8) is 0 Å². The first-order valence-electron chi connectivity index (χ1n) is 11.3. The van der Waals surface area contributed by atoms with Crippen molar-refractivity contribution < 1.29 is 13.2 Å². The molecule has 166 valence electrons. The van der Waals surface area contributed by atoms with Gasteiger partial charge in [-0.15, -0.1) is 0 Å². The largest absolute Gasteiger partial charge is 0.497 e. The summed E-state index contributed by atoms with van der Waals surface area (Å²) < 4.78 is 34.2. The number of nitrogens with one attached hydrogen (secondary N) is 1. The highest BCUT2D eigenvalue weighted by molar-refractivity contribution is 7.89. The molecule has 0 saturated heterocycles. The molecule has 2 heterocycles. The molecule has 0 bridgehead atoms. The van der Waals surface area contributed by atoms with Crippen LogP contribution < -0.4 is 4.74 Å². The molecule has 1 N–H and O–H groups in total. The van der Waals surface area contributed by atoms with Crippen LogP contribution in [0.15, 0.2) is 53.4 Å². The van der Waals surface area contributed by atoms with E-state index in [1.807, 2.05) is 6.07 Å². The average molecular weight is 441 g/mol. The molecule has 0 amide bonds. The second-order valence-electron chi connectivity index (χ2n) is 8.32. The van der Waals surface area contributed by atoms with Crippen LogP contribution in [-0.2, 0) is 16.4 Å². The lowest BCUT2D eigenvalue weighted by Gasteiger charge is -2.35. The Labute approximate surface area is 185 Å². The molecule has 31 heavy (non-hydrogen) atoms. The lowest BCUT2D eigenvalue weighted by molar-refractivity contribution is 0.283. The molecule has 2 aromatic carbocycles. The topological polar surface area (TPSA) is 62.4 Å². The van der Waals surface area contributed by atoms with E-state index in [1.165, 1.54) is 30.2 Å². The fourth-order valence-electron chi connectivity index (χ4n) is 4.70. The Kier molecular flexibility index (Phi) is 6.68. The number of rotatable bonds is 9. The number of nitrogens with zero attached hydrogens (tertiary/aromatic N) is 1. The van der Waals surface area contributed by atoms with Gasteiger partial charge in [-0.3, -0.25) is 0 Å². The zero-order valence-corrected chi connectivity index (χ0v) is 19.2. The van der Waals surface area contributed by atoms with E-state index >= 15 is 0 Å². The summed E-state index contributed by atoms with van der Waals surface area (Å²) in [4.78, 5) is 3.89. The summed E-state index contributed by atoms with van der Waals surface area (Å²) >= 11 is 0. The number of aromatic amines is 1. The maximum Gasteiger partial charge on any atom is 0.243 e. The summed E-state index contributed by atoms with van der Waals surface area (Å²) in [7, 11) is -2.02. The van der Waals surface area contributed by atoms with E-state index in [4.69, 9.17) is 4.74 Å². The minimum absolute atomic E-state index is 0.162. The Morgan fingerprint density at radius 2 is 1.77 bits per heavy atom. The normalized spacial score (nSPS) is 17.0. The summed E-state index contributed by atoms with van der Waals surface area (Å²) in [6, 6.07) is 14.8. The first-order chi connectivity index (χ1) is 15.1. The Hall–Kier alpha value is -2.31. The van der Waals surface area contributed by atoms with Gasteiger partial charge in [0.1, 0.15) is 5.75 Å². The van der Waals surface area contributed by atoms with Crippen molar-refractivity contribution in [2.24, 2.45) is 0 Å². The van der Waals surface area contributed by atoms with Crippen molar-refractivity contribution in [3.8, 4) is 5.75 Å². The highest BCUT2D eigenvalue weighted by Gasteiger charge is 2.37. The molecule has 0 saturated carbocycles. The predicted molar refractivity (Wildman–Crippen MR) is 125 cm³/mol. The minimum Gasteiger partial charge on any atom is -0.497 e. The maximum absolute atomic E-state index is 13.6. The number of hydrogen-bond acceptors (Lipinski definition) is 3. The summed E-state index contributed by atoms with van der Waals surface area (Å²) in [5, 5.41) is 1.22. The van der Waals surface area contributed by atoms with Crippen LogP contribution in [0.1, 0.15) is 62.7 Å². The molecular formula is C25H32N2O3S. The summed E-state index contributed by atoms with van der Waals surface area (Å²) in [5.74, 6) is 0.656. The van der Waals surface area contributed by atoms with Crippen molar-refractivity contribution in [2.45, 2.75) is 62.8 Å². The van der Waals surface area contributed by atoms with Gasteiger partial charge in [-0.1, -0.05) is 57.2 Å². The van der Waals surface area contributed by atoms with Gasteiger partial charge in [0.05, 0.1) is 18.0 Å². The second-order valence-corrected chi connectivity index (χ2v) is 10.2. The molecule has 3 aromatic rings. The number of H-pyrrole nitrogens is 1. The first kappa shape index (κ1) is 21.9. The third-order valence-corrected chi connectivity index (χ3v) is 8.28. The predicted octanol–water partition coefficient (Wildman–Crippen LogP) is 5.83. The van der Waals surface area contributed by atoms with Crippen LogP contribution >= 0.6 is 0 Å². The quantitative estimate of drug-likeness (QED) is 0.426. The number of para-hydroxylation sites is 1. The SMILES string of the molecule is CCCCCCCC1c2[nH]c3ccccc3c2CCN1S(=O)(=O)c1ccc(OC)cc1. The molecule has 6 heteroatoms. The molecule has 0 fully saturated rings. The summed E-state index contributed by atoms with van der Waals surface area (Å²) in [6.45, 7) is 2.71. The van der Waals surface area contributed by atoms with Crippen LogP contribution in [0.3, 0.4) is 0 Å². The monoisotopic (exact) mass is 440 g/mol. The van der Waals surface area contributed by atoms with Crippen molar-refractivity contribution >= 4 is 20.9 Å². The van der Waals surface area contributed by atoms with Gasteiger partial charge >= 0.3 is 0 Å². The lowest BCUT2D eigenvalue weighted by atomic mass is 9.95. The minimum atomic E-state index is -3.61.